The zero-order valence-electron chi connectivity index (χ0n) is 11.8. The third-order valence-corrected chi connectivity index (χ3v) is 3.12. The minimum atomic E-state index is -0.484. The number of benzene rings is 2. The van der Waals surface area contributed by atoms with E-state index in [2.05, 4.69) is 10.5 Å². The molecule has 0 fully saturated rings. The lowest BCUT2D eigenvalue weighted by Gasteiger charge is -2.01. The predicted octanol–water partition coefficient (Wildman–Crippen LogP) is 2.09. The third kappa shape index (κ3) is 3.26. The molecule has 1 heterocycles. The van der Waals surface area contributed by atoms with E-state index < -0.39 is 10.8 Å². The molecule has 2 aromatic rings. The minimum Gasteiger partial charge on any atom is -0.454 e. The number of hydrogen-bond acceptors (Lipinski definition) is 6. The molecule has 0 saturated carbocycles. The van der Waals surface area contributed by atoms with Gasteiger partial charge in [-0.2, -0.15) is 5.10 Å². The third-order valence-electron chi connectivity index (χ3n) is 3.12. The van der Waals surface area contributed by atoms with Crippen LogP contribution in [0.25, 0.3) is 0 Å². The summed E-state index contributed by atoms with van der Waals surface area (Å²) in [6, 6.07) is 10.6. The summed E-state index contributed by atoms with van der Waals surface area (Å²) in [5.41, 5.74) is 3.38. The van der Waals surface area contributed by atoms with Crippen molar-refractivity contribution in [2.45, 2.75) is 0 Å². The lowest BCUT2D eigenvalue weighted by Crippen LogP contribution is -2.17. The van der Waals surface area contributed by atoms with E-state index in [9.17, 15) is 14.9 Å². The number of nitro groups is 1. The van der Waals surface area contributed by atoms with Gasteiger partial charge in [-0.15, -0.1) is 0 Å². The number of non-ortho nitro benzene ring substituents is 1. The number of nitrogens with one attached hydrogen (secondary N) is 1. The van der Waals surface area contributed by atoms with Gasteiger partial charge in [0.1, 0.15) is 0 Å². The quantitative estimate of drug-likeness (QED) is 0.529. The Labute approximate surface area is 130 Å². The second-order valence-electron chi connectivity index (χ2n) is 4.62. The molecule has 0 bridgehead atoms. The summed E-state index contributed by atoms with van der Waals surface area (Å²) < 4.78 is 10.4. The molecular weight excluding hydrogens is 302 g/mol. The number of nitro benzene ring substituents is 1. The minimum absolute atomic E-state index is 0.00783. The van der Waals surface area contributed by atoms with Gasteiger partial charge in [0.2, 0.25) is 6.79 Å². The van der Waals surface area contributed by atoms with Crippen LogP contribution in [0.1, 0.15) is 15.9 Å². The number of carbonyl (C=O) groups is 1. The molecule has 8 heteroatoms. The van der Waals surface area contributed by atoms with Crippen molar-refractivity contribution >= 4 is 17.8 Å². The Hall–Kier alpha value is -3.42. The Morgan fingerprint density at radius 2 is 1.91 bits per heavy atom. The maximum Gasteiger partial charge on any atom is 0.271 e. The Morgan fingerprint density at radius 3 is 2.65 bits per heavy atom. The first-order valence-electron chi connectivity index (χ1n) is 6.61. The fourth-order valence-corrected chi connectivity index (χ4v) is 1.95. The van der Waals surface area contributed by atoms with E-state index in [1.807, 2.05) is 0 Å². The van der Waals surface area contributed by atoms with Gasteiger partial charge in [-0.05, 0) is 35.9 Å². The number of carbonyl (C=O) groups excluding carboxylic acids is 1. The lowest BCUT2D eigenvalue weighted by atomic mass is 10.2. The monoisotopic (exact) mass is 313 g/mol. The molecule has 1 N–H and O–H groups in total. The van der Waals surface area contributed by atoms with E-state index in [1.165, 1.54) is 30.5 Å². The zero-order chi connectivity index (χ0) is 16.2. The molecule has 1 amide bonds. The van der Waals surface area contributed by atoms with Crippen LogP contribution >= 0.6 is 0 Å². The first-order chi connectivity index (χ1) is 11.1. The molecule has 1 aliphatic heterocycles. The lowest BCUT2D eigenvalue weighted by molar-refractivity contribution is -0.384. The molecule has 2 aromatic carbocycles. The van der Waals surface area contributed by atoms with E-state index in [0.717, 1.165) is 0 Å². The molecule has 0 spiro atoms. The van der Waals surface area contributed by atoms with Gasteiger partial charge in [-0.1, -0.05) is 0 Å². The SMILES string of the molecule is O=C(N/N=C/c1ccc([N+](=O)[O-])cc1)c1ccc2c(c1)OCO2. The number of ether oxygens (including phenoxy) is 2. The number of hydrazone groups is 1. The van der Waals surface area contributed by atoms with Gasteiger partial charge < -0.3 is 9.47 Å². The van der Waals surface area contributed by atoms with Crippen LogP contribution in [0.4, 0.5) is 5.69 Å². The van der Waals surface area contributed by atoms with Crippen molar-refractivity contribution in [2.24, 2.45) is 5.10 Å². The number of amides is 1. The van der Waals surface area contributed by atoms with E-state index in [0.29, 0.717) is 22.6 Å². The molecule has 0 unspecified atom stereocenters. The molecular formula is C15H11N3O5. The Kier molecular flexibility index (Phi) is 3.88. The molecule has 0 aromatic heterocycles. The number of hydrogen-bond donors (Lipinski definition) is 1. The van der Waals surface area contributed by atoms with Crippen molar-refractivity contribution < 1.29 is 19.2 Å². The standard InChI is InChI=1S/C15H11N3O5/c19-15(11-3-6-13-14(7-11)23-9-22-13)17-16-8-10-1-4-12(5-2-10)18(20)21/h1-8H,9H2,(H,17,19)/b16-8+. The van der Waals surface area contributed by atoms with Gasteiger partial charge >= 0.3 is 0 Å². The van der Waals surface area contributed by atoms with Crippen LogP contribution in [0.3, 0.4) is 0 Å². The van der Waals surface area contributed by atoms with Crippen molar-refractivity contribution in [3.05, 3.63) is 63.7 Å². The molecule has 0 aliphatic carbocycles. The zero-order valence-corrected chi connectivity index (χ0v) is 11.8. The first-order valence-corrected chi connectivity index (χ1v) is 6.61. The highest BCUT2D eigenvalue weighted by Gasteiger charge is 2.15. The average Bonchev–Trinajstić information content (AvgIpc) is 3.02. The Bertz CT molecular complexity index is 786. The largest absolute Gasteiger partial charge is 0.454 e. The summed E-state index contributed by atoms with van der Waals surface area (Å²) in [5, 5.41) is 14.4. The predicted molar refractivity (Wildman–Crippen MR) is 80.7 cm³/mol. The highest BCUT2D eigenvalue weighted by atomic mass is 16.7. The molecule has 116 valence electrons. The van der Waals surface area contributed by atoms with Crippen LogP contribution in [0.15, 0.2) is 47.6 Å². The van der Waals surface area contributed by atoms with Crippen LogP contribution in [0, 0.1) is 10.1 Å². The maximum atomic E-state index is 12.0. The average molecular weight is 313 g/mol. The molecule has 3 rings (SSSR count). The highest BCUT2D eigenvalue weighted by Crippen LogP contribution is 2.32. The molecule has 23 heavy (non-hydrogen) atoms. The Balaban J connectivity index is 1.63. The number of rotatable bonds is 4. The van der Waals surface area contributed by atoms with E-state index in [-0.39, 0.29) is 12.5 Å². The number of nitrogens with zero attached hydrogens (tertiary/aromatic N) is 2. The molecule has 0 atom stereocenters. The van der Waals surface area contributed by atoms with Crippen LogP contribution in [-0.2, 0) is 0 Å². The van der Waals surface area contributed by atoms with Gasteiger partial charge in [0.25, 0.3) is 11.6 Å². The summed E-state index contributed by atoms with van der Waals surface area (Å²) in [6.45, 7) is 0.138. The summed E-state index contributed by atoms with van der Waals surface area (Å²) in [4.78, 5) is 22.0. The van der Waals surface area contributed by atoms with Crippen molar-refractivity contribution in [3.63, 3.8) is 0 Å². The van der Waals surface area contributed by atoms with Crippen LogP contribution in [-0.4, -0.2) is 23.8 Å². The topological polar surface area (TPSA) is 103 Å². The van der Waals surface area contributed by atoms with Gasteiger partial charge in [0.05, 0.1) is 11.1 Å². The second-order valence-corrected chi connectivity index (χ2v) is 4.62. The molecule has 0 radical (unpaired) electrons. The fourth-order valence-electron chi connectivity index (χ4n) is 1.95. The summed E-state index contributed by atoms with van der Waals surface area (Å²) in [6.07, 6.45) is 1.40. The fraction of sp³-hybridized carbons (Fsp3) is 0.0667. The van der Waals surface area contributed by atoms with E-state index >= 15 is 0 Å². The second kappa shape index (κ2) is 6.14. The first kappa shape index (κ1) is 14.5. The van der Waals surface area contributed by atoms with Crippen molar-refractivity contribution in [1.29, 1.82) is 0 Å². The summed E-state index contributed by atoms with van der Waals surface area (Å²) in [7, 11) is 0. The van der Waals surface area contributed by atoms with Gasteiger partial charge in [-0.3, -0.25) is 14.9 Å². The van der Waals surface area contributed by atoms with Crippen molar-refractivity contribution in [2.75, 3.05) is 6.79 Å². The molecule has 8 nitrogen and oxygen atoms in total. The van der Waals surface area contributed by atoms with Gasteiger partial charge in [-0.25, -0.2) is 5.43 Å². The summed E-state index contributed by atoms with van der Waals surface area (Å²) >= 11 is 0. The van der Waals surface area contributed by atoms with E-state index in [4.69, 9.17) is 9.47 Å². The maximum absolute atomic E-state index is 12.0. The summed E-state index contributed by atoms with van der Waals surface area (Å²) in [5.74, 6) is 0.703. The van der Waals surface area contributed by atoms with Gasteiger partial charge in [0.15, 0.2) is 11.5 Å². The number of fused-ring (bicyclic) bond motifs is 1. The van der Waals surface area contributed by atoms with Crippen LogP contribution in [0.5, 0.6) is 11.5 Å². The normalized spacial score (nSPS) is 12.3. The molecule has 0 saturated heterocycles. The van der Waals surface area contributed by atoms with Crippen LogP contribution < -0.4 is 14.9 Å². The smallest absolute Gasteiger partial charge is 0.271 e. The van der Waals surface area contributed by atoms with Gasteiger partial charge in [0, 0.05) is 17.7 Å². The highest BCUT2D eigenvalue weighted by molar-refractivity contribution is 5.95. The molecule has 1 aliphatic rings. The van der Waals surface area contributed by atoms with Crippen molar-refractivity contribution in [1.82, 2.24) is 5.43 Å². The van der Waals surface area contributed by atoms with Crippen molar-refractivity contribution in [3.8, 4) is 11.5 Å². The van der Waals surface area contributed by atoms with Crippen LogP contribution in [0.2, 0.25) is 0 Å². The Morgan fingerprint density at radius 1 is 1.17 bits per heavy atom. The van der Waals surface area contributed by atoms with E-state index in [1.54, 1.807) is 18.2 Å².